The molecule has 6 nitrogen and oxygen atoms in total. The monoisotopic (exact) mass is 356 g/mol. The first-order valence-electron chi connectivity index (χ1n) is 8.48. The Morgan fingerprint density at radius 1 is 1.23 bits per heavy atom. The van der Waals surface area contributed by atoms with Crippen LogP contribution in [0.5, 0.6) is 5.75 Å². The first-order chi connectivity index (χ1) is 12.4. The lowest BCUT2D eigenvalue weighted by Gasteiger charge is -2.19. The summed E-state index contributed by atoms with van der Waals surface area (Å²) >= 11 is 0. The summed E-state index contributed by atoms with van der Waals surface area (Å²) in [5.74, 6) is -0.216. The van der Waals surface area contributed by atoms with Gasteiger partial charge in [-0.1, -0.05) is 6.07 Å². The number of aryl methyl sites for hydroxylation is 2. The maximum Gasteiger partial charge on any atom is 0.303 e. The van der Waals surface area contributed by atoms with Gasteiger partial charge in [-0.15, -0.1) is 0 Å². The summed E-state index contributed by atoms with van der Waals surface area (Å²) in [7, 11) is 1.68. The van der Waals surface area contributed by atoms with E-state index in [1.807, 2.05) is 38.1 Å². The van der Waals surface area contributed by atoms with Crippen LogP contribution in [0.1, 0.15) is 39.9 Å². The molecule has 1 aromatic heterocycles. The fourth-order valence-corrected chi connectivity index (χ4v) is 2.73. The highest BCUT2D eigenvalue weighted by Gasteiger charge is 2.15. The van der Waals surface area contributed by atoms with Gasteiger partial charge in [0.05, 0.1) is 0 Å². The number of ether oxygens (including phenoxy) is 1. The molecule has 0 bridgehead atoms. The van der Waals surface area contributed by atoms with Gasteiger partial charge in [-0.3, -0.25) is 14.6 Å². The Balaban J connectivity index is 2.05. The van der Waals surface area contributed by atoms with Crippen LogP contribution in [0.15, 0.2) is 36.7 Å². The Morgan fingerprint density at radius 2 is 1.92 bits per heavy atom. The maximum absolute atomic E-state index is 12.5. The summed E-state index contributed by atoms with van der Waals surface area (Å²) in [6.07, 6.45) is 3.96. The van der Waals surface area contributed by atoms with Crippen LogP contribution in [0, 0.1) is 13.8 Å². The molecule has 138 valence electrons. The van der Waals surface area contributed by atoms with Gasteiger partial charge in [0.25, 0.3) is 5.91 Å². The lowest BCUT2D eigenvalue weighted by molar-refractivity contribution is -0.137. The van der Waals surface area contributed by atoms with Gasteiger partial charge in [0.1, 0.15) is 12.4 Å². The normalized spacial score (nSPS) is 10.4. The number of carboxylic acid groups (broad SMARTS) is 1. The molecule has 0 aliphatic rings. The van der Waals surface area contributed by atoms with Crippen molar-refractivity contribution in [2.45, 2.75) is 33.3 Å². The standard InChI is InChI=1S/C20H24N2O4/c1-14-10-17(20(25)22(3)9-5-7-18(23)24)11-15(2)19(14)26-13-16-6-4-8-21-12-16/h4,6,8,10-12H,5,7,9,13H2,1-3H3,(H,23,24). The average Bonchev–Trinajstić information content (AvgIpc) is 2.60. The molecular formula is C20H24N2O4. The van der Waals surface area contributed by atoms with Gasteiger partial charge in [-0.25, -0.2) is 0 Å². The molecule has 0 radical (unpaired) electrons. The Morgan fingerprint density at radius 3 is 2.50 bits per heavy atom. The Labute approximate surface area is 153 Å². The summed E-state index contributed by atoms with van der Waals surface area (Å²) < 4.78 is 5.91. The molecule has 2 aromatic rings. The number of carbonyl (C=O) groups excluding carboxylic acids is 1. The van der Waals surface area contributed by atoms with E-state index in [4.69, 9.17) is 9.84 Å². The SMILES string of the molecule is Cc1cc(C(=O)N(C)CCCC(=O)O)cc(C)c1OCc1cccnc1. The summed E-state index contributed by atoms with van der Waals surface area (Å²) in [5, 5.41) is 8.70. The summed E-state index contributed by atoms with van der Waals surface area (Å²) in [6.45, 7) is 4.64. The van der Waals surface area contributed by atoms with Gasteiger partial charge in [0.2, 0.25) is 0 Å². The van der Waals surface area contributed by atoms with E-state index in [1.165, 1.54) is 0 Å². The first-order valence-corrected chi connectivity index (χ1v) is 8.48. The second kappa shape index (κ2) is 8.99. The fraction of sp³-hybridized carbons (Fsp3) is 0.350. The Hall–Kier alpha value is -2.89. The molecule has 1 heterocycles. The third kappa shape index (κ3) is 5.31. The van der Waals surface area contributed by atoms with Gasteiger partial charge >= 0.3 is 5.97 Å². The average molecular weight is 356 g/mol. The second-order valence-corrected chi connectivity index (χ2v) is 6.31. The zero-order chi connectivity index (χ0) is 19.1. The zero-order valence-electron chi connectivity index (χ0n) is 15.4. The number of benzene rings is 1. The smallest absolute Gasteiger partial charge is 0.303 e. The Kier molecular flexibility index (Phi) is 6.72. The first kappa shape index (κ1) is 19.4. The number of hydrogen-bond acceptors (Lipinski definition) is 4. The number of nitrogens with zero attached hydrogens (tertiary/aromatic N) is 2. The molecule has 0 saturated heterocycles. The van der Waals surface area contributed by atoms with Gasteiger partial charge in [-0.05, 0) is 49.6 Å². The molecule has 0 unspecified atom stereocenters. The third-order valence-electron chi connectivity index (χ3n) is 4.04. The van der Waals surface area contributed by atoms with Crippen LogP contribution in [0.4, 0.5) is 0 Å². The quantitative estimate of drug-likeness (QED) is 0.785. The topological polar surface area (TPSA) is 79.7 Å². The van der Waals surface area contributed by atoms with Crippen LogP contribution < -0.4 is 4.74 Å². The van der Waals surface area contributed by atoms with Crippen molar-refractivity contribution in [3.05, 3.63) is 58.9 Å². The highest BCUT2D eigenvalue weighted by atomic mass is 16.5. The van der Waals surface area contributed by atoms with E-state index < -0.39 is 5.97 Å². The van der Waals surface area contributed by atoms with Crippen LogP contribution in [0.3, 0.4) is 0 Å². The van der Waals surface area contributed by atoms with Crippen LogP contribution >= 0.6 is 0 Å². The van der Waals surface area contributed by atoms with Crippen molar-refractivity contribution in [3.8, 4) is 5.75 Å². The predicted molar refractivity (Wildman–Crippen MR) is 98.3 cm³/mol. The zero-order valence-corrected chi connectivity index (χ0v) is 15.4. The number of amides is 1. The van der Waals surface area contributed by atoms with Crippen molar-refractivity contribution in [1.29, 1.82) is 0 Å². The maximum atomic E-state index is 12.5. The van der Waals surface area contributed by atoms with Gasteiger partial charge in [0.15, 0.2) is 0 Å². The molecule has 0 saturated carbocycles. The van der Waals surface area contributed by atoms with Crippen molar-refractivity contribution in [1.82, 2.24) is 9.88 Å². The molecule has 0 aliphatic carbocycles. The largest absolute Gasteiger partial charge is 0.488 e. The second-order valence-electron chi connectivity index (χ2n) is 6.31. The summed E-state index contributed by atoms with van der Waals surface area (Å²) in [6, 6.07) is 7.42. The minimum atomic E-state index is -0.854. The number of aliphatic carboxylic acids is 1. The molecule has 26 heavy (non-hydrogen) atoms. The van der Waals surface area contributed by atoms with E-state index in [9.17, 15) is 9.59 Å². The van der Waals surface area contributed by atoms with Gasteiger partial charge in [-0.2, -0.15) is 0 Å². The molecule has 0 aliphatic heterocycles. The predicted octanol–water partition coefficient (Wildman–Crippen LogP) is 3.21. The molecule has 1 aromatic carbocycles. The van der Waals surface area contributed by atoms with Crippen molar-refractivity contribution in [2.24, 2.45) is 0 Å². The van der Waals surface area contributed by atoms with E-state index in [2.05, 4.69) is 4.98 Å². The van der Waals surface area contributed by atoms with Crippen molar-refractivity contribution in [3.63, 3.8) is 0 Å². The number of rotatable bonds is 8. The molecular weight excluding hydrogens is 332 g/mol. The highest BCUT2D eigenvalue weighted by Crippen LogP contribution is 2.26. The number of carboxylic acids is 1. The van der Waals surface area contributed by atoms with E-state index in [0.717, 1.165) is 22.4 Å². The lowest BCUT2D eigenvalue weighted by atomic mass is 10.0. The van der Waals surface area contributed by atoms with Crippen LogP contribution in [-0.2, 0) is 11.4 Å². The molecule has 1 amide bonds. The number of carbonyl (C=O) groups is 2. The molecule has 0 spiro atoms. The number of hydrogen-bond donors (Lipinski definition) is 1. The summed E-state index contributed by atoms with van der Waals surface area (Å²) in [5.41, 5.74) is 3.32. The van der Waals surface area contributed by atoms with E-state index in [0.29, 0.717) is 25.1 Å². The van der Waals surface area contributed by atoms with Gasteiger partial charge < -0.3 is 14.7 Å². The number of pyridine rings is 1. The fourth-order valence-electron chi connectivity index (χ4n) is 2.73. The van der Waals surface area contributed by atoms with Crippen molar-refractivity contribution in [2.75, 3.05) is 13.6 Å². The minimum Gasteiger partial charge on any atom is -0.488 e. The van der Waals surface area contributed by atoms with Crippen LogP contribution in [-0.4, -0.2) is 40.5 Å². The lowest BCUT2D eigenvalue weighted by Crippen LogP contribution is -2.28. The molecule has 0 atom stereocenters. The van der Waals surface area contributed by atoms with Crippen molar-refractivity contribution >= 4 is 11.9 Å². The molecule has 0 fully saturated rings. The molecule has 6 heteroatoms. The van der Waals surface area contributed by atoms with E-state index in [-0.39, 0.29) is 12.3 Å². The number of aromatic nitrogens is 1. The highest BCUT2D eigenvalue weighted by molar-refractivity contribution is 5.94. The van der Waals surface area contributed by atoms with Crippen LogP contribution in [0.2, 0.25) is 0 Å². The molecule has 1 N–H and O–H groups in total. The molecule has 2 rings (SSSR count). The van der Waals surface area contributed by atoms with Crippen molar-refractivity contribution < 1.29 is 19.4 Å². The Bertz CT molecular complexity index is 752. The third-order valence-corrected chi connectivity index (χ3v) is 4.04. The van der Waals surface area contributed by atoms with E-state index >= 15 is 0 Å². The summed E-state index contributed by atoms with van der Waals surface area (Å²) in [4.78, 5) is 28.8. The van der Waals surface area contributed by atoms with Crippen LogP contribution in [0.25, 0.3) is 0 Å². The van der Waals surface area contributed by atoms with Gasteiger partial charge in [0, 0.05) is 43.5 Å². The van der Waals surface area contributed by atoms with E-state index in [1.54, 1.807) is 24.3 Å². The minimum absolute atomic E-state index is 0.0524.